The molecule has 3 rings (SSSR count). The van der Waals surface area contributed by atoms with Gasteiger partial charge in [0, 0.05) is 30.0 Å². The fraction of sp³-hybridized carbons (Fsp3) is 0.333. The standard InChI is InChI=1S/C15H15FN2O3S/c1-10-6-14(12-4-2-3-5-13(12)17-10)18-8-11(7-15(18)19)9-22(16,20)21/h2-6,11H,7-9H2,1H3. The number of carbonyl (C=O) groups excluding carboxylic acids is 1. The summed E-state index contributed by atoms with van der Waals surface area (Å²) in [4.78, 5) is 18.2. The summed E-state index contributed by atoms with van der Waals surface area (Å²) in [6, 6.07) is 9.24. The van der Waals surface area contributed by atoms with Gasteiger partial charge in [0.2, 0.25) is 5.91 Å². The first-order chi connectivity index (χ1) is 10.3. The van der Waals surface area contributed by atoms with Crippen molar-refractivity contribution < 1.29 is 17.1 Å². The van der Waals surface area contributed by atoms with E-state index in [1.165, 1.54) is 4.90 Å². The first kappa shape index (κ1) is 14.9. The predicted molar refractivity (Wildman–Crippen MR) is 81.8 cm³/mol. The highest BCUT2D eigenvalue weighted by molar-refractivity contribution is 7.86. The number of halogens is 1. The van der Waals surface area contributed by atoms with Crippen molar-refractivity contribution >= 4 is 32.7 Å². The molecule has 7 heteroatoms. The fourth-order valence-electron chi connectivity index (χ4n) is 2.92. The Morgan fingerprint density at radius 1 is 1.36 bits per heavy atom. The molecule has 0 bridgehead atoms. The Morgan fingerprint density at radius 2 is 2.09 bits per heavy atom. The fourth-order valence-corrected chi connectivity index (χ4v) is 3.70. The molecule has 1 aromatic carbocycles. The number of benzene rings is 1. The molecule has 0 N–H and O–H groups in total. The van der Waals surface area contributed by atoms with E-state index in [4.69, 9.17) is 0 Å². The van der Waals surface area contributed by atoms with Crippen LogP contribution in [0, 0.1) is 12.8 Å². The van der Waals surface area contributed by atoms with Gasteiger partial charge in [0.25, 0.3) is 0 Å². The van der Waals surface area contributed by atoms with E-state index in [0.29, 0.717) is 5.69 Å². The predicted octanol–water partition coefficient (Wildman–Crippen LogP) is 2.20. The van der Waals surface area contributed by atoms with Crippen molar-refractivity contribution in [3.05, 3.63) is 36.0 Å². The summed E-state index contributed by atoms with van der Waals surface area (Å²) in [7, 11) is -4.58. The van der Waals surface area contributed by atoms with Crippen molar-refractivity contribution in [1.29, 1.82) is 0 Å². The van der Waals surface area contributed by atoms with E-state index in [2.05, 4.69) is 4.98 Å². The van der Waals surface area contributed by atoms with Crippen molar-refractivity contribution in [1.82, 2.24) is 4.98 Å². The maximum Gasteiger partial charge on any atom is 0.302 e. The monoisotopic (exact) mass is 322 g/mol. The third kappa shape index (κ3) is 2.94. The number of amides is 1. The molecule has 1 aliphatic rings. The smallest absolute Gasteiger partial charge is 0.302 e. The summed E-state index contributed by atoms with van der Waals surface area (Å²) in [5.41, 5.74) is 2.24. The van der Waals surface area contributed by atoms with Gasteiger partial charge in [-0.25, -0.2) is 0 Å². The second-order valence-corrected chi connectivity index (χ2v) is 6.99. The Kier molecular flexibility index (Phi) is 3.60. The molecule has 1 saturated heterocycles. The Bertz CT molecular complexity index is 851. The van der Waals surface area contributed by atoms with Crippen LogP contribution < -0.4 is 4.90 Å². The van der Waals surface area contributed by atoms with Crippen LogP contribution in [0.5, 0.6) is 0 Å². The SMILES string of the molecule is Cc1cc(N2CC(CS(=O)(=O)F)CC2=O)c2ccccc2n1. The molecule has 2 heterocycles. The van der Waals surface area contributed by atoms with Gasteiger partial charge >= 0.3 is 10.2 Å². The molecule has 1 unspecified atom stereocenters. The summed E-state index contributed by atoms with van der Waals surface area (Å²) in [5.74, 6) is -1.32. The van der Waals surface area contributed by atoms with E-state index >= 15 is 0 Å². The maximum atomic E-state index is 12.8. The van der Waals surface area contributed by atoms with E-state index in [1.54, 1.807) is 6.07 Å². The first-order valence-electron chi connectivity index (χ1n) is 6.92. The van der Waals surface area contributed by atoms with Crippen LogP contribution in [0.4, 0.5) is 9.57 Å². The number of hydrogen-bond donors (Lipinski definition) is 0. The summed E-state index contributed by atoms with van der Waals surface area (Å²) in [5, 5.41) is 0.824. The number of pyridine rings is 1. The van der Waals surface area contributed by atoms with Gasteiger partial charge in [-0.3, -0.25) is 9.78 Å². The third-order valence-electron chi connectivity index (χ3n) is 3.75. The van der Waals surface area contributed by atoms with Crippen LogP contribution in [0.25, 0.3) is 10.9 Å². The zero-order valence-corrected chi connectivity index (χ0v) is 12.8. The van der Waals surface area contributed by atoms with Crippen LogP contribution in [0.15, 0.2) is 30.3 Å². The summed E-state index contributed by atoms with van der Waals surface area (Å²) >= 11 is 0. The molecule has 22 heavy (non-hydrogen) atoms. The van der Waals surface area contributed by atoms with Crippen molar-refractivity contribution in [2.45, 2.75) is 13.3 Å². The average molecular weight is 322 g/mol. The van der Waals surface area contributed by atoms with Gasteiger partial charge in [-0.15, -0.1) is 3.89 Å². The van der Waals surface area contributed by atoms with Crippen molar-refractivity contribution in [3.63, 3.8) is 0 Å². The van der Waals surface area contributed by atoms with E-state index in [-0.39, 0.29) is 18.9 Å². The zero-order chi connectivity index (χ0) is 15.9. The molecule has 1 atom stereocenters. The molecular weight excluding hydrogens is 307 g/mol. The zero-order valence-electron chi connectivity index (χ0n) is 12.0. The van der Waals surface area contributed by atoms with E-state index < -0.39 is 21.9 Å². The number of aryl methyl sites for hydroxylation is 1. The summed E-state index contributed by atoms with van der Waals surface area (Å²) in [6.45, 7) is 2.04. The van der Waals surface area contributed by atoms with Gasteiger partial charge in [-0.05, 0) is 19.1 Å². The number of hydrogen-bond acceptors (Lipinski definition) is 4. The first-order valence-corrected chi connectivity index (χ1v) is 8.48. The normalized spacial score (nSPS) is 19.1. The van der Waals surface area contributed by atoms with Gasteiger partial charge in [0.05, 0.1) is 17.0 Å². The highest BCUT2D eigenvalue weighted by Crippen LogP contribution is 2.32. The Morgan fingerprint density at radius 3 is 2.82 bits per heavy atom. The molecule has 2 aromatic rings. The van der Waals surface area contributed by atoms with Crippen LogP contribution >= 0.6 is 0 Å². The van der Waals surface area contributed by atoms with Crippen molar-refractivity contribution in [2.75, 3.05) is 17.2 Å². The summed E-state index contributed by atoms with van der Waals surface area (Å²) < 4.78 is 34.4. The van der Waals surface area contributed by atoms with Crippen LogP contribution in [-0.2, 0) is 15.0 Å². The lowest BCUT2D eigenvalue weighted by Gasteiger charge is -2.19. The van der Waals surface area contributed by atoms with E-state index in [1.807, 2.05) is 31.2 Å². The van der Waals surface area contributed by atoms with E-state index in [0.717, 1.165) is 16.6 Å². The Labute approximate surface area is 128 Å². The quantitative estimate of drug-likeness (QED) is 0.813. The van der Waals surface area contributed by atoms with Gasteiger partial charge in [0.15, 0.2) is 0 Å². The third-order valence-corrected chi connectivity index (χ3v) is 4.62. The summed E-state index contributed by atoms with van der Waals surface area (Å²) in [6.07, 6.45) is 0.0405. The van der Waals surface area contributed by atoms with E-state index in [9.17, 15) is 17.1 Å². The molecule has 0 radical (unpaired) electrons. The lowest BCUT2D eigenvalue weighted by atomic mass is 10.1. The second kappa shape index (κ2) is 5.31. The average Bonchev–Trinajstić information content (AvgIpc) is 2.76. The number of anilines is 1. The minimum Gasteiger partial charge on any atom is -0.311 e. The lowest BCUT2D eigenvalue weighted by molar-refractivity contribution is -0.117. The van der Waals surface area contributed by atoms with Crippen molar-refractivity contribution in [2.24, 2.45) is 5.92 Å². The highest BCUT2D eigenvalue weighted by atomic mass is 32.3. The lowest BCUT2D eigenvalue weighted by Crippen LogP contribution is -2.25. The number of fused-ring (bicyclic) bond motifs is 1. The van der Waals surface area contributed by atoms with Crippen LogP contribution in [-0.4, -0.2) is 31.6 Å². The molecule has 0 aliphatic carbocycles. The largest absolute Gasteiger partial charge is 0.311 e. The highest BCUT2D eigenvalue weighted by Gasteiger charge is 2.34. The Balaban J connectivity index is 1.99. The van der Waals surface area contributed by atoms with Gasteiger partial charge in [0.1, 0.15) is 0 Å². The van der Waals surface area contributed by atoms with Gasteiger partial charge < -0.3 is 4.90 Å². The minimum atomic E-state index is -4.58. The maximum absolute atomic E-state index is 12.8. The number of aromatic nitrogens is 1. The van der Waals surface area contributed by atoms with Gasteiger partial charge in [-0.2, -0.15) is 8.42 Å². The Hall–Kier alpha value is -2.02. The molecule has 0 spiro atoms. The molecule has 1 aromatic heterocycles. The molecule has 116 valence electrons. The molecule has 1 aliphatic heterocycles. The van der Waals surface area contributed by atoms with Crippen LogP contribution in [0.2, 0.25) is 0 Å². The second-order valence-electron chi connectivity index (χ2n) is 5.58. The topological polar surface area (TPSA) is 67.3 Å². The molecule has 1 amide bonds. The van der Waals surface area contributed by atoms with Gasteiger partial charge in [-0.1, -0.05) is 18.2 Å². The molecule has 5 nitrogen and oxygen atoms in total. The molecule has 0 saturated carbocycles. The molecular formula is C15H15FN2O3S. The number of para-hydroxylation sites is 1. The number of carbonyl (C=O) groups is 1. The van der Waals surface area contributed by atoms with Crippen molar-refractivity contribution in [3.8, 4) is 0 Å². The minimum absolute atomic E-state index is 0.0405. The number of nitrogens with zero attached hydrogens (tertiary/aromatic N) is 2. The number of rotatable bonds is 3. The molecule has 1 fully saturated rings. The van der Waals surface area contributed by atoms with Crippen LogP contribution in [0.1, 0.15) is 12.1 Å². The van der Waals surface area contributed by atoms with Crippen LogP contribution in [0.3, 0.4) is 0 Å².